The number of hydrogen-bond donors (Lipinski definition) is 0. The van der Waals surface area contributed by atoms with E-state index in [1.54, 1.807) is 19.7 Å². The fourth-order valence-corrected chi connectivity index (χ4v) is 0.737. The molecule has 0 spiro atoms. The molecule has 0 radical (unpaired) electrons. The Kier molecular flexibility index (Phi) is 2.71. The first-order valence-corrected chi connectivity index (χ1v) is 4.46. The van der Waals surface area contributed by atoms with Gasteiger partial charge in [0.05, 0.1) is 0 Å². The average molecular weight is 257 g/mol. The van der Waals surface area contributed by atoms with Crippen molar-refractivity contribution in [3.05, 3.63) is 0 Å². The third kappa shape index (κ3) is 8.44. The second-order valence-electron chi connectivity index (χ2n) is 0.884. The standard InChI is InChI=1S/CF3O3S.Ag/c2-1(3,4)7-8(5)6;. The summed E-state index contributed by atoms with van der Waals surface area (Å²) in [5.41, 5.74) is 0. The first-order valence-electron chi connectivity index (χ1n) is 1.39. The number of halogens is 3. The van der Waals surface area contributed by atoms with Crippen molar-refractivity contribution in [3.63, 3.8) is 0 Å². The molecule has 0 aromatic rings. The van der Waals surface area contributed by atoms with Gasteiger partial charge in [0.2, 0.25) is 0 Å². The van der Waals surface area contributed by atoms with E-state index in [1.807, 2.05) is 0 Å². The van der Waals surface area contributed by atoms with Gasteiger partial charge in [0.1, 0.15) is 0 Å². The molecular formula is CAgF3O3S. The van der Waals surface area contributed by atoms with Crippen LogP contribution < -0.4 is 0 Å². The zero-order valence-electron chi connectivity index (χ0n) is 3.57. The number of alkyl halides is 3. The van der Waals surface area contributed by atoms with E-state index >= 15 is 0 Å². The van der Waals surface area contributed by atoms with Crippen molar-refractivity contribution >= 4 is 7.58 Å². The molecule has 9 heavy (non-hydrogen) atoms. The monoisotopic (exact) mass is 256 g/mol. The van der Waals surface area contributed by atoms with Crippen LogP contribution in [0.2, 0.25) is 0 Å². The normalized spacial score (nSPS) is 13.9. The Bertz CT molecular complexity index is 180. The van der Waals surface area contributed by atoms with Crippen LogP contribution in [0.1, 0.15) is 0 Å². The third-order valence-electron chi connectivity index (χ3n) is 0.188. The molecule has 0 amide bonds. The predicted molar refractivity (Wildman–Crippen MR) is 16.1 cm³/mol. The molecule has 3 nitrogen and oxygen atoms in total. The summed E-state index contributed by atoms with van der Waals surface area (Å²) in [4.78, 5) is 0. The van der Waals surface area contributed by atoms with Gasteiger partial charge in [-0.25, -0.2) is 0 Å². The summed E-state index contributed by atoms with van der Waals surface area (Å²) < 4.78 is 54.5. The molecule has 0 unspecified atom stereocenters. The molecule has 0 saturated heterocycles. The zero-order valence-corrected chi connectivity index (χ0v) is 5.87. The Hall–Kier alpha value is 0.440. The average Bonchev–Trinajstić information content (AvgIpc) is 1.14. The van der Waals surface area contributed by atoms with Crippen molar-refractivity contribution in [2.45, 2.75) is 6.36 Å². The minimum absolute atomic E-state index is 1.66. The first-order chi connectivity index (χ1) is 3.71. The van der Waals surface area contributed by atoms with E-state index < -0.39 is 13.9 Å². The maximum atomic E-state index is 10.9. The molecule has 0 saturated carbocycles. The molecule has 0 heterocycles. The van der Waals surface area contributed by atoms with Crippen molar-refractivity contribution in [2.75, 3.05) is 0 Å². The van der Waals surface area contributed by atoms with Crippen molar-refractivity contribution in [1.29, 1.82) is 0 Å². The summed E-state index contributed by atoms with van der Waals surface area (Å²) in [6.45, 7) is 0. The van der Waals surface area contributed by atoms with E-state index in [0.29, 0.717) is 0 Å². The van der Waals surface area contributed by atoms with Crippen molar-refractivity contribution in [2.24, 2.45) is 0 Å². The Morgan fingerprint density at radius 3 is 1.67 bits per heavy atom. The summed E-state index contributed by atoms with van der Waals surface area (Å²) in [6.07, 6.45) is -5.15. The Morgan fingerprint density at radius 2 is 1.67 bits per heavy atom. The van der Waals surface area contributed by atoms with Crippen LogP contribution in [-0.2, 0) is 31.5 Å². The summed E-state index contributed by atoms with van der Waals surface area (Å²) >= 11 is 1.66. The van der Waals surface area contributed by atoms with E-state index in [2.05, 4.69) is 4.18 Å². The second-order valence-corrected chi connectivity index (χ2v) is 3.98. The molecule has 0 atom stereocenters. The van der Waals surface area contributed by atoms with Gasteiger partial charge in [-0.2, -0.15) is 0 Å². The van der Waals surface area contributed by atoms with E-state index in [4.69, 9.17) is 0 Å². The van der Waals surface area contributed by atoms with E-state index in [9.17, 15) is 21.6 Å². The zero-order chi connectivity index (χ0) is 7.71. The molecular weight excluding hydrogens is 257 g/mol. The van der Waals surface area contributed by atoms with E-state index in [1.165, 1.54) is 0 Å². The van der Waals surface area contributed by atoms with Gasteiger partial charge in [0, 0.05) is 0 Å². The summed E-state index contributed by atoms with van der Waals surface area (Å²) in [5.74, 6) is 0. The number of rotatable bonds is 1. The molecule has 0 rings (SSSR count). The Morgan fingerprint density at radius 1 is 1.33 bits per heavy atom. The Balaban J connectivity index is 4.07. The van der Waals surface area contributed by atoms with Gasteiger partial charge < -0.3 is 0 Å². The van der Waals surface area contributed by atoms with Crippen LogP contribution in [0.4, 0.5) is 13.2 Å². The van der Waals surface area contributed by atoms with Gasteiger partial charge in [-0.15, -0.1) is 0 Å². The molecule has 0 aliphatic rings. The van der Waals surface area contributed by atoms with Crippen LogP contribution in [0.15, 0.2) is 0 Å². The fourth-order valence-electron chi connectivity index (χ4n) is 0.106. The molecule has 0 aliphatic heterocycles. The Labute approximate surface area is 59.8 Å². The summed E-state index contributed by atoms with van der Waals surface area (Å²) in [5, 5.41) is 0. The van der Waals surface area contributed by atoms with Crippen LogP contribution in [0.5, 0.6) is 0 Å². The van der Waals surface area contributed by atoms with Gasteiger partial charge in [0.25, 0.3) is 0 Å². The minimum atomic E-state index is -5.15. The molecule has 8 heteroatoms. The maximum absolute atomic E-state index is 10.9. The molecule has 0 fully saturated rings. The third-order valence-corrected chi connectivity index (χ3v) is 0.934. The van der Waals surface area contributed by atoms with E-state index in [0.717, 1.165) is 0 Å². The molecule has 0 aromatic heterocycles. The van der Waals surface area contributed by atoms with Crippen molar-refractivity contribution in [1.82, 2.24) is 0 Å². The van der Waals surface area contributed by atoms with E-state index in [-0.39, 0.29) is 0 Å². The van der Waals surface area contributed by atoms with Gasteiger partial charge in [0.15, 0.2) is 0 Å². The molecule has 60 valence electrons. The van der Waals surface area contributed by atoms with Gasteiger partial charge in [-0.1, -0.05) is 0 Å². The van der Waals surface area contributed by atoms with Crippen LogP contribution in [0, 0.1) is 0 Å². The topological polar surface area (TPSA) is 43.4 Å². The van der Waals surface area contributed by atoms with Crippen LogP contribution in [-0.4, -0.2) is 14.8 Å². The predicted octanol–water partition coefficient (Wildman–Crippen LogP) is 0.314. The molecule has 0 bridgehead atoms. The summed E-state index contributed by atoms with van der Waals surface area (Å²) in [6, 6.07) is 0. The van der Waals surface area contributed by atoms with Crippen molar-refractivity contribution < 1.29 is 45.5 Å². The number of hydrogen-bond acceptors (Lipinski definition) is 3. The van der Waals surface area contributed by atoms with Crippen LogP contribution in [0.3, 0.4) is 0 Å². The quantitative estimate of drug-likeness (QED) is 0.635. The van der Waals surface area contributed by atoms with Gasteiger partial charge >= 0.3 is 59.5 Å². The summed E-state index contributed by atoms with van der Waals surface area (Å²) in [7, 11) is -4.60. The van der Waals surface area contributed by atoms with Gasteiger partial charge in [-0.3, -0.25) is 0 Å². The van der Waals surface area contributed by atoms with Crippen LogP contribution in [0.25, 0.3) is 0 Å². The second kappa shape index (κ2) is 2.59. The molecule has 0 aliphatic carbocycles. The van der Waals surface area contributed by atoms with Gasteiger partial charge in [-0.05, 0) is 0 Å². The fraction of sp³-hybridized carbons (Fsp3) is 1.00. The first kappa shape index (κ1) is 9.44. The van der Waals surface area contributed by atoms with Crippen LogP contribution >= 0.6 is 0 Å². The SMILES string of the molecule is O=[S](=O)([Ag])OC(F)(F)F. The molecule has 0 N–H and O–H groups in total. The molecule has 0 aromatic carbocycles. The van der Waals surface area contributed by atoms with Crippen molar-refractivity contribution in [3.8, 4) is 0 Å².